The number of rotatable bonds is 4. The molecule has 5 heteroatoms. The van der Waals surface area contributed by atoms with E-state index in [0.29, 0.717) is 11.6 Å². The third kappa shape index (κ3) is 2.40. The van der Waals surface area contributed by atoms with Crippen molar-refractivity contribution in [2.75, 3.05) is 6.54 Å². The fraction of sp³-hybridized carbons (Fsp3) is 0.300. The Kier molecular flexibility index (Phi) is 3.41. The van der Waals surface area contributed by atoms with Gasteiger partial charge in [-0.05, 0) is 24.4 Å². The first-order valence-electron chi connectivity index (χ1n) is 4.69. The second-order valence-electron chi connectivity index (χ2n) is 3.11. The molecule has 0 bridgehead atoms. The number of oxazole rings is 1. The molecule has 2 rings (SSSR count). The SMILES string of the molecule is NCCCc1ncc(-c2sccc2Cl)o1. The second kappa shape index (κ2) is 4.79. The molecule has 0 saturated heterocycles. The number of nitrogens with two attached hydrogens (primary N) is 1. The molecule has 0 aliphatic carbocycles. The molecule has 80 valence electrons. The Hall–Kier alpha value is -0.840. The monoisotopic (exact) mass is 242 g/mol. The molecular formula is C10H11ClN2OS. The van der Waals surface area contributed by atoms with Gasteiger partial charge in [-0.3, -0.25) is 0 Å². The smallest absolute Gasteiger partial charge is 0.194 e. The Morgan fingerprint density at radius 3 is 3.07 bits per heavy atom. The van der Waals surface area contributed by atoms with Crippen LogP contribution < -0.4 is 5.73 Å². The number of hydrogen-bond donors (Lipinski definition) is 1. The molecule has 0 unspecified atom stereocenters. The summed E-state index contributed by atoms with van der Waals surface area (Å²) in [6, 6.07) is 1.85. The molecule has 2 heterocycles. The zero-order chi connectivity index (χ0) is 10.7. The molecule has 15 heavy (non-hydrogen) atoms. The Balaban J connectivity index is 2.17. The summed E-state index contributed by atoms with van der Waals surface area (Å²) in [7, 11) is 0. The van der Waals surface area contributed by atoms with Gasteiger partial charge in [-0.25, -0.2) is 4.98 Å². The molecule has 2 N–H and O–H groups in total. The minimum absolute atomic E-state index is 0.650. The zero-order valence-electron chi connectivity index (χ0n) is 8.07. The van der Waals surface area contributed by atoms with Crippen molar-refractivity contribution in [3.8, 4) is 10.6 Å². The molecule has 0 aliphatic heterocycles. The molecule has 0 spiro atoms. The van der Waals surface area contributed by atoms with Gasteiger partial charge in [0.2, 0.25) is 0 Å². The van der Waals surface area contributed by atoms with Crippen molar-refractivity contribution >= 4 is 22.9 Å². The first kappa shape index (κ1) is 10.7. The van der Waals surface area contributed by atoms with E-state index < -0.39 is 0 Å². The predicted octanol–water partition coefficient (Wildman–Crippen LogP) is 2.95. The van der Waals surface area contributed by atoms with Gasteiger partial charge in [-0.15, -0.1) is 11.3 Å². The highest BCUT2D eigenvalue weighted by molar-refractivity contribution is 7.14. The van der Waals surface area contributed by atoms with Crippen LogP contribution in [-0.2, 0) is 6.42 Å². The van der Waals surface area contributed by atoms with E-state index in [0.717, 1.165) is 29.4 Å². The summed E-state index contributed by atoms with van der Waals surface area (Å²) in [5.74, 6) is 1.46. The molecule has 3 nitrogen and oxygen atoms in total. The Morgan fingerprint density at radius 2 is 2.40 bits per heavy atom. The maximum Gasteiger partial charge on any atom is 0.194 e. The number of nitrogens with zero attached hydrogens (tertiary/aromatic N) is 1. The van der Waals surface area contributed by atoms with E-state index in [9.17, 15) is 0 Å². The summed E-state index contributed by atoms with van der Waals surface area (Å²) < 4.78 is 5.57. The molecule has 0 saturated carbocycles. The lowest BCUT2D eigenvalue weighted by molar-refractivity contribution is 0.500. The van der Waals surface area contributed by atoms with Gasteiger partial charge in [0, 0.05) is 6.42 Å². The van der Waals surface area contributed by atoms with Gasteiger partial charge < -0.3 is 10.2 Å². The van der Waals surface area contributed by atoms with E-state index in [-0.39, 0.29) is 0 Å². The van der Waals surface area contributed by atoms with E-state index in [1.807, 2.05) is 11.4 Å². The molecule has 2 aromatic heterocycles. The lowest BCUT2D eigenvalue weighted by Crippen LogP contribution is -2.00. The van der Waals surface area contributed by atoms with Crippen LogP contribution in [0.15, 0.2) is 22.1 Å². The van der Waals surface area contributed by atoms with Crippen LogP contribution in [0.3, 0.4) is 0 Å². The highest BCUT2D eigenvalue weighted by Crippen LogP contribution is 2.33. The average molecular weight is 243 g/mol. The number of thiophene rings is 1. The van der Waals surface area contributed by atoms with Crippen molar-refractivity contribution in [3.63, 3.8) is 0 Å². The summed E-state index contributed by atoms with van der Waals surface area (Å²) in [4.78, 5) is 5.11. The van der Waals surface area contributed by atoms with Crippen LogP contribution in [0.2, 0.25) is 5.02 Å². The van der Waals surface area contributed by atoms with Gasteiger partial charge in [0.1, 0.15) is 0 Å². The zero-order valence-corrected chi connectivity index (χ0v) is 9.64. The van der Waals surface area contributed by atoms with Crippen LogP contribution in [0.4, 0.5) is 0 Å². The number of halogens is 1. The highest BCUT2D eigenvalue weighted by atomic mass is 35.5. The van der Waals surface area contributed by atoms with Gasteiger partial charge in [0.05, 0.1) is 16.1 Å². The molecule has 0 radical (unpaired) electrons. The van der Waals surface area contributed by atoms with Crippen LogP contribution >= 0.6 is 22.9 Å². The Labute approximate surface area is 96.9 Å². The van der Waals surface area contributed by atoms with Crippen molar-refractivity contribution in [1.82, 2.24) is 4.98 Å². The fourth-order valence-electron chi connectivity index (χ4n) is 1.25. The van der Waals surface area contributed by atoms with Gasteiger partial charge in [-0.1, -0.05) is 11.6 Å². The molecule has 0 fully saturated rings. The topological polar surface area (TPSA) is 52.0 Å². The summed E-state index contributed by atoms with van der Waals surface area (Å²) in [5.41, 5.74) is 5.41. The third-order valence-electron chi connectivity index (χ3n) is 1.99. The van der Waals surface area contributed by atoms with E-state index in [1.165, 1.54) is 0 Å². The lowest BCUT2D eigenvalue weighted by atomic mass is 10.3. The maximum atomic E-state index is 5.99. The minimum atomic E-state index is 0.650. The van der Waals surface area contributed by atoms with Crippen molar-refractivity contribution in [2.24, 2.45) is 5.73 Å². The molecule has 0 amide bonds. The van der Waals surface area contributed by atoms with Crippen LogP contribution in [0.25, 0.3) is 10.6 Å². The van der Waals surface area contributed by atoms with Crippen molar-refractivity contribution in [2.45, 2.75) is 12.8 Å². The largest absolute Gasteiger partial charge is 0.440 e. The van der Waals surface area contributed by atoms with Crippen LogP contribution in [0.1, 0.15) is 12.3 Å². The van der Waals surface area contributed by atoms with Crippen molar-refractivity contribution in [1.29, 1.82) is 0 Å². The van der Waals surface area contributed by atoms with E-state index in [2.05, 4.69) is 4.98 Å². The number of aromatic nitrogens is 1. The molecule has 0 aliphatic rings. The molecular weight excluding hydrogens is 232 g/mol. The van der Waals surface area contributed by atoms with Crippen LogP contribution in [0.5, 0.6) is 0 Å². The van der Waals surface area contributed by atoms with Gasteiger partial charge in [-0.2, -0.15) is 0 Å². The third-order valence-corrected chi connectivity index (χ3v) is 3.35. The predicted molar refractivity (Wildman–Crippen MR) is 62.2 cm³/mol. The maximum absolute atomic E-state index is 5.99. The average Bonchev–Trinajstić information content (AvgIpc) is 2.83. The summed E-state index contributed by atoms with van der Waals surface area (Å²) >= 11 is 7.54. The minimum Gasteiger partial charge on any atom is -0.440 e. The van der Waals surface area contributed by atoms with Gasteiger partial charge in [0.25, 0.3) is 0 Å². The van der Waals surface area contributed by atoms with E-state index >= 15 is 0 Å². The van der Waals surface area contributed by atoms with Crippen LogP contribution in [-0.4, -0.2) is 11.5 Å². The normalized spacial score (nSPS) is 10.8. The quantitative estimate of drug-likeness (QED) is 0.897. The summed E-state index contributed by atoms with van der Waals surface area (Å²) in [5, 5.41) is 2.64. The van der Waals surface area contributed by atoms with Crippen LogP contribution in [0, 0.1) is 0 Å². The standard InChI is InChI=1S/C10H11ClN2OS/c11-7-3-5-15-10(7)8-6-13-9(14-8)2-1-4-12/h3,5-6H,1-2,4,12H2. The second-order valence-corrected chi connectivity index (χ2v) is 4.43. The molecule has 0 atom stereocenters. The van der Waals surface area contributed by atoms with Crippen molar-refractivity contribution < 1.29 is 4.42 Å². The van der Waals surface area contributed by atoms with Gasteiger partial charge >= 0.3 is 0 Å². The fourth-order valence-corrected chi connectivity index (χ4v) is 2.35. The summed E-state index contributed by atoms with van der Waals surface area (Å²) in [6.45, 7) is 0.650. The first-order valence-corrected chi connectivity index (χ1v) is 5.95. The first-order chi connectivity index (χ1) is 7.31. The van der Waals surface area contributed by atoms with E-state index in [4.69, 9.17) is 21.8 Å². The Bertz CT molecular complexity index is 438. The molecule has 0 aromatic carbocycles. The number of aryl methyl sites for hydroxylation is 1. The summed E-state index contributed by atoms with van der Waals surface area (Å²) in [6.07, 6.45) is 3.38. The Morgan fingerprint density at radius 1 is 1.53 bits per heavy atom. The van der Waals surface area contributed by atoms with Crippen molar-refractivity contribution in [3.05, 3.63) is 28.6 Å². The van der Waals surface area contributed by atoms with Gasteiger partial charge in [0.15, 0.2) is 11.7 Å². The lowest BCUT2D eigenvalue weighted by Gasteiger charge is -1.93. The van der Waals surface area contributed by atoms with E-state index in [1.54, 1.807) is 17.5 Å². The molecule has 2 aromatic rings. The number of hydrogen-bond acceptors (Lipinski definition) is 4. The highest BCUT2D eigenvalue weighted by Gasteiger charge is 2.10.